The van der Waals surface area contributed by atoms with E-state index < -0.39 is 0 Å². The zero-order valence-corrected chi connectivity index (χ0v) is 12.1. The molecule has 19 heavy (non-hydrogen) atoms. The maximum atomic E-state index is 10.7. The van der Waals surface area contributed by atoms with Crippen molar-refractivity contribution in [3.63, 3.8) is 0 Å². The number of rotatable bonds is 8. The Morgan fingerprint density at radius 3 is 2.63 bits per heavy atom. The fraction of sp³-hybridized carbons (Fsp3) is 0.600. The Labute approximate surface area is 115 Å². The molecule has 4 nitrogen and oxygen atoms in total. The van der Waals surface area contributed by atoms with Crippen molar-refractivity contribution in [3.8, 4) is 0 Å². The molecule has 0 saturated heterocycles. The van der Waals surface area contributed by atoms with Crippen LogP contribution in [0.5, 0.6) is 0 Å². The van der Waals surface area contributed by atoms with E-state index in [1.165, 1.54) is 25.7 Å². The molecule has 1 rings (SSSR count). The van der Waals surface area contributed by atoms with Crippen LogP contribution < -0.4 is 5.32 Å². The lowest BCUT2D eigenvalue weighted by molar-refractivity contribution is -0.384. The zero-order valence-electron chi connectivity index (χ0n) is 12.1. The van der Waals surface area contributed by atoms with Gasteiger partial charge < -0.3 is 5.32 Å². The molecule has 0 radical (unpaired) electrons. The van der Waals surface area contributed by atoms with Crippen LogP contribution in [-0.4, -0.2) is 11.0 Å². The van der Waals surface area contributed by atoms with Crippen molar-refractivity contribution in [2.45, 2.75) is 58.9 Å². The van der Waals surface area contributed by atoms with Crippen molar-refractivity contribution in [1.82, 2.24) is 0 Å². The molecule has 1 N–H and O–H groups in total. The van der Waals surface area contributed by atoms with Gasteiger partial charge in [-0.1, -0.05) is 32.6 Å². The van der Waals surface area contributed by atoms with Crippen LogP contribution in [0.1, 0.15) is 51.5 Å². The molecule has 0 aliphatic heterocycles. The molecule has 0 aliphatic carbocycles. The first-order chi connectivity index (χ1) is 9.04. The van der Waals surface area contributed by atoms with E-state index in [-0.39, 0.29) is 10.6 Å². The van der Waals surface area contributed by atoms with Gasteiger partial charge in [-0.15, -0.1) is 0 Å². The van der Waals surface area contributed by atoms with E-state index in [2.05, 4.69) is 19.2 Å². The SMILES string of the molecule is CCCCCCC(C)Nc1ccc([N+](=O)[O-])cc1C. The number of hydrogen-bond acceptors (Lipinski definition) is 3. The summed E-state index contributed by atoms with van der Waals surface area (Å²) in [5.41, 5.74) is 2.07. The molecule has 1 unspecified atom stereocenters. The summed E-state index contributed by atoms with van der Waals surface area (Å²) in [4.78, 5) is 10.3. The average Bonchev–Trinajstić information content (AvgIpc) is 2.37. The van der Waals surface area contributed by atoms with Crippen molar-refractivity contribution in [3.05, 3.63) is 33.9 Å². The molecule has 0 aromatic heterocycles. The Kier molecular flexibility index (Phi) is 6.33. The van der Waals surface area contributed by atoms with Crippen LogP contribution in [0.3, 0.4) is 0 Å². The molecule has 1 aromatic carbocycles. The third-order valence-electron chi connectivity index (χ3n) is 3.31. The van der Waals surface area contributed by atoms with E-state index in [1.807, 2.05) is 6.92 Å². The first-order valence-electron chi connectivity index (χ1n) is 7.06. The lowest BCUT2D eigenvalue weighted by atomic mass is 10.1. The van der Waals surface area contributed by atoms with Crippen LogP contribution in [0.15, 0.2) is 18.2 Å². The summed E-state index contributed by atoms with van der Waals surface area (Å²) in [5.74, 6) is 0. The van der Waals surface area contributed by atoms with Gasteiger partial charge in [0.25, 0.3) is 5.69 Å². The molecule has 1 atom stereocenters. The minimum Gasteiger partial charge on any atom is -0.382 e. The number of nitro groups is 1. The second-order valence-corrected chi connectivity index (χ2v) is 5.15. The van der Waals surface area contributed by atoms with Gasteiger partial charge in [-0.25, -0.2) is 0 Å². The van der Waals surface area contributed by atoms with Gasteiger partial charge in [-0.3, -0.25) is 10.1 Å². The third kappa shape index (κ3) is 5.28. The Morgan fingerprint density at radius 2 is 2.05 bits per heavy atom. The first kappa shape index (κ1) is 15.5. The van der Waals surface area contributed by atoms with E-state index in [9.17, 15) is 10.1 Å². The minimum absolute atomic E-state index is 0.152. The average molecular weight is 264 g/mol. The van der Waals surface area contributed by atoms with Crippen LogP contribution in [0.2, 0.25) is 0 Å². The van der Waals surface area contributed by atoms with Gasteiger partial charge >= 0.3 is 0 Å². The molecule has 0 saturated carbocycles. The summed E-state index contributed by atoms with van der Waals surface area (Å²) in [6, 6.07) is 5.37. The van der Waals surface area contributed by atoms with E-state index in [0.717, 1.165) is 17.7 Å². The Morgan fingerprint density at radius 1 is 1.32 bits per heavy atom. The molecule has 4 heteroatoms. The Balaban J connectivity index is 2.50. The molecule has 0 bridgehead atoms. The smallest absolute Gasteiger partial charge is 0.269 e. The second kappa shape index (κ2) is 7.77. The normalized spacial score (nSPS) is 12.2. The number of aryl methyl sites for hydroxylation is 1. The highest BCUT2D eigenvalue weighted by molar-refractivity contribution is 5.55. The van der Waals surface area contributed by atoms with Crippen LogP contribution in [0, 0.1) is 17.0 Å². The summed E-state index contributed by atoms with van der Waals surface area (Å²) in [7, 11) is 0. The van der Waals surface area contributed by atoms with Gasteiger partial charge in [0.1, 0.15) is 0 Å². The monoisotopic (exact) mass is 264 g/mol. The number of nitrogens with zero attached hydrogens (tertiary/aromatic N) is 1. The maximum absolute atomic E-state index is 10.7. The molecule has 0 aliphatic rings. The topological polar surface area (TPSA) is 55.2 Å². The Hall–Kier alpha value is -1.58. The third-order valence-corrected chi connectivity index (χ3v) is 3.31. The summed E-state index contributed by atoms with van der Waals surface area (Å²) in [5, 5.41) is 14.1. The summed E-state index contributed by atoms with van der Waals surface area (Å²) in [6.45, 7) is 6.27. The number of benzene rings is 1. The largest absolute Gasteiger partial charge is 0.382 e. The molecule has 0 fully saturated rings. The number of unbranched alkanes of at least 4 members (excludes halogenated alkanes) is 3. The van der Waals surface area contributed by atoms with Crippen molar-refractivity contribution in [2.75, 3.05) is 5.32 Å². The molecular weight excluding hydrogens is 240 g/mol. The summed E-state index contributed by atoms with van der Waals surface area (Å²) in [6.07, 6.45) is 6.19. The molecule has 1 aromatic rings. The summed E-state index contributed by atoms with van der Waals surface area (Å²) >= 11 is 0. The van der Waals surface area contributed by atoms with E-state index in [4.69, 9.17) is 0 Å². The Bertz CT molecular complexity index is 419. The van der Waals surface area contributed by atoms with E-state index >= 15 is 0 Å². The van der Waals surface area contributed by atoms with Gasteiger partial charge in [0.2, 0.25) is 0 Å². The number of hydrogen-bond donors (Lipinski definition) is 1. The van der Waals surface area contributed by atoms with Crippen molar-refractivity contribution >= 4 is 11.4 Å². The second-order valence-electron chi connectivity index (χ2n) is 5.15. The number of nitro benzene ring substituents is 1. The summed E-state index contributed by atoms with van der Waals surface area (Å²) < 4.78 is 0. The van der Waals surface area contributed by atoms with Crippen molar-refractivity contribution < 1.29 is 4.92 Å². The van der Waals surface area contributed by atoms with Gasteiger partial charge in [0.05, 0.1) is 4.92 Å². The number of nitrogens with one attached hydrogen (secondary N) is 1. The predicted molar refractivity (Wildman–Crippen MR) is 79.7 cm³/mol. The van der Waals surface area contributed by atoms with Gasteiger partial charge in [0, 0.05) is 23.9 Å². The molecule has 106 valence electrons. The zero-order chi connectivity index (χ0) is 14.3. The minimum atomic E-state index is -0.356. The highest BCUT2D eigenvalue weighted by Gasteiger charge is 2.09. The van der Waals surface area contributed by atoms with E-state index in [0.29, 0.717) is 6.04 Å². The molecule has 0 spiro atoms. The highest BCUT2D eigenvalue weighted by atomic mass is 16.6. The molecule has 0 heterocycles. The first-order valence-corrected chi connectivity index (χ1v) is 7.06. The predicted octanol–water partition coefficient (Wildman–Crippen LogP) is 4.67. The van der Waals surface area contributed by atoms with Crippen LogP contribution in [0.25, 0.3) is 0 Å². The maximum Gasteiger partial charge on any atom is 0.269 e. The fourth-order valence-corrected chi connectivity index (χ4v) is 2.14. The van der Waals surface area contributed by atoms with Crippen molar-refractivity contribution in [1.29, 1.82) is 0 Å². The highest BCUT2D eigenvalue weighted by Crippen LogP contribution is 2.22. The number of anilines is 1. The van der Waals surface area contributed by atoms with E-state index in [1.54, 1.807) is 18.2 Å². The molecule has 0 amide bonds. The van der Waals surface area contributed by atoms with Crippen LogP contribution in [-0.2, 0) is 0 Å². The van der Waals surface area contributed by atoms with Crippen LogP contribution in [0.4, 0.5) is 11.4 Å². The standard InChI is InChI=1S/C15H24N2O2/c1-4-5-6-7-8-13(3)16-15-10-9-14(17(18)19)11-12(15)2/h9-11,13,16H,4-8H2,1-3H3. The molecular formula is C15H24N2O2. The number of non-ortho nitro benzene ring substituents is 1. The lowest BCUT2D eigenvalue weighted by Gasteiger charge is -2.16. The fourth-order valence-electron chi connectivity index (χ4n) is 2.14. The lowest BCUT2D eigenvalue weighted by Crippen LogP contribution is -2.15. The van der Waals surface area contributed by atoms with Gasteiger partial charge in [-0.05, 0) is 31.9 Å². The van der Waals surface area contributed by atoms with Gasteiger partial charge in [0.15, 0.2) is 0 Å². The van der Waals surface area contributed by atoms with Gasteiger partial charge in [-0.2, -0.15) is 0 Å². The van der Waals surface area contributed by atoms with Crippen molar-refractivity contribution in [2.24, 2.45) is 0 Å². The van der Waals surface area contributed by atoms with Crippen LogP contribution >= 0.6 is 0 Å². The quantitative estimate of drug-likeness (QED) is 0.421.